The van der Waals surface area contributed by atoms with Crippen molar-refractivity contribution in [1.29, 1.82) is 0 Å². The van der Waals surface area contributed by atoms with Gasteiger partial charge in [-0.2, -0.15) is 0 Å². The highest BCUT2D eigenvalue weighted by Crippen LogP contribution is 2.17. The normalized spacial score (nSPS) is 10.6. The highest BCUT2D eigenvalue weighted by Gasteiger charge is 2.04. The Bertz CT molecular complexity index is 817. The molecular formula is C20H23N3O5. The van der Waals surface area contributed by atoms with Crippen LogP contribution in [0.5, 0.6) is 17.2 Å². The molecule has 148 valence electrons. The number of nitrogens with one attached hydrogen (secondary N) is 3. The van der Waals surface area contributed by atoms with Crippen molar-refractivity contribution in [2.24, 2.45) is 0 Å². The van der Waals surface area contributed by atoms with Gasteiger partial charge in [0.2, 0.25) is 5.91 Å². The summed E-state index contributed by atoms with van der Waals surface area (Å²) in [6, 6.07) is 13.8. The number of ether oxygens (including phenoxy) is 3. The fourth-order valence-corrected chi connectivity index (χ4v) is 2.11. The number of allylic oxidation sites excluding steroid dienone is 1. The standard InChI is InChI=1S/C20H23N3O5/c1-14(12-19(24)21-15-4-6-16(26-2)7-5-15)22-23-20(25)13-28-18-10-8-17(27-3)9-11-18/h4-12,22H,13H2,1-3H3,(H,21,24)(H,23,25)/b14-12+. The second-order valence-corrected chi connectivity index (χ2v) is 5.68. The van der Waals surface area contributed by atoms with Crippen molar-refractivity contribution in [2.75, 3.05) is 26.1 Å². The maximum atomic E-state index is 12.0. The summed E-state index contributed by atoms with van der Waals surface area (Å²) in [6.07, 6.45) is 1.33. The molecule has 2 rings (SSSR count). The first-order chi connectivity index (χ1) is 13.5. The topological polar surface area (TPSA) is 97.9 Å². The van der Waals surface area contributed by atoms with Crippen LogP contribution < -0.4 is 30.4 Å². The SMILES string of the molecule is COc1ccc(NC(=O)/C=C(\C)NNC(=O)COc2ccc(OC)cc2)cc1. The second-order valence-electron chi connectivity index (χ2n) is 5.68. The summed E-state index contributed by atoms with van der Waals surface area (Å²) in [5.74, 6) is 1.22. The summed E-state index contributed by atoms with van der Waals surface area (Å²) < 4.78 is 15.5. The highest BCUT2D eigenvalue weighted by atomic mass is 16.5. The molecule has 0 spiro atoms. The van der Waals surface area contributed by atoms with Crippen molar-refractivity contribution in [3.63, 3.8) is 0 Å². The lowest BCUT2D eigenvalue weighted by atomic mass is 10.3. The zero-order valence-corrected chi connectivity index (χ0v) is 15.9. The monoisotopic (exact) mass is 385 g/mol. The van der Waals surface area contributed by atoms with Gasteiger partial charge < -0.3 is 25.0 Å². The smallest absolute Gasteiger partial charge is 0.276 e. The van der Waals surface area contributed by atoms with E-state index in [1.165, 1.54) is 6.08 Å². The number of carbonyl (C=O) groups excluding carboxylic acids is 2. The van der Waals surface area contributed by atoms with Gasteiger partial charge in [-0.1, -0.05) is 0 Å². The first-order valence-corrected chi connectivity index (χ1v) is 8.45. The van der Waals surface area contributed by atoms with E-state index >= 15 is 0 Å². The van der Waals surface area contributed by atoms with E-state index in [1.807, 2.05) is 0 Å². The van der Waals surface area contributed by atoms with E-state index in [4.69, 9.17) is 14.2 Å². The summed E-state index contributed by atoms with van der Waals surface area (Å²) in [4.78, 5) is 23.8. The number of hydrogen-bond donors (Lipinski definition) is 3. The van der Waals surface area contributed by atoms with Gasteiger partial charge in [0.15, 0.2) is 6.61 Å². The van der Waals surface area contributed by atoms with Crippen molar-refractivity contribution >= 4 is 17.5 Å². The number of rotatable bonds is 9. The van der Waals surface area contributed by atoms with E-state index in [1.54, 1.807) is 69.7 Å². The molecule has 2 aromatic rings. The molecular weight excluding hydrogens is 362 g/mol. The van der Waals surface area contributed by atoms with Gasteiger partial charge >= 0.3 is 0 Å². The molecule has 0 heterocycles. The molecule has 0 aromatic heterocycles. The van der Waals surface area contributed by atoms with Crippen LogP contribution in [0.4, 0.5) is 5.69 Å². The second kappa shape index (κ2) is 10.5. The fourth-order valence-electron chi connectivity index (χ4n) is 2.11. The number of hydrogen-bond acceptors (Lipinski definition) is 6. The lowest BCUT2D eigenvalue weighted by Gasteiger charge is -2.10. The zero-order chi connectivity index (χ0) is 20.4. The minimum absolute atomic E-state index is 0.176. The van der Waals surface area contributed by atoms with Crippen LogP contribution in [0.3, 0.4) is 0 Å². The summed E-state index contributed by atoms with van der Waals surface area (Å²) in [5.41, 5.74) is 6.20. The molecule has 0 aliphatic heterocycles. The van der Waals surface area contributed by atoms with Gasteiger partial charge in [0, 0.05) is 17.5 Å². The van der Waals surface area contributed by atoms with Crippen molar-refractivity contribution in [2.45, 2.75) is 6.92 Å². The largest absolute Gasteiger partial charge is 0.497 e. The first kappa shape index (κ1) is 20.6. The van der Waals surface area contributed by atoms with Gasteiger partial charge in [-0.05, 0) is 55.5 Å². The van der Waals surface area contributed by atoms with Crippen LogP contribution in [-0.2, 0) is 9.59 Å². The minimum Gasteiger partial charge on any atom is -0.497 e. The van der Waals surface area contributed by atoms with Gasteiger partial charge in [0.05, 0.1) is 14.2 Å². The molecule has 0 saturated heterocycles. The maximum absolute atomic E-state index is 12.0. The van der Waals surface area contributed by atoms with E-state index in [2.05, 4.69) is 16.2 Å². The van der Waals surface area contributed by atoms with Crippen LogP contribution in [0.1, 0.15) is 6.92 Å². The Balaban J connectivity index is 1.73. The molecule has 0 aliphatic carbocycles. The van der Waals surface area contributed by atoms with Crippen LogP contribution in [0.25, 0.3) is 0 Å². The molecule has 2 aromatic carbocycles. The van der Waals surface area contributed by atoms with Crippen LogP contribution >= 0.6 is 0 Å². The van der Waals surface area contributed by atoms with E-state index in [-0.39, 0.29) is 18.4 Å². The number of methoxy groups -OCH3 is 2. The van der Waals surface area contributed by atoms with Gasteiger partial charge in [-0.15, -0.1) is 0 Å². The fraction of sp³-hybridized carbons (Fsp3) is 0.200. The molecule has 0 unspecified atom stereocenters. The molecule has 3 N–H and O–H groups in total. The number of amides is 2. The van der Waals surface area contributed by atoms with E-state index in [0.29, 0.717) is 28.6 Å². The molecule has 0 atom stereocenters. The van der Waals surface area contributed by atoms with Crippen LogP contribution in [0.2, 0.25) is 0 Å². The Morgan fingerprint density at radius 2 is 1.39 bits per heavy atom. The maximum Gasteiger partial charge on any atom is 0.276 e. The summed E-state index contributed by atoms with van der Waals surface area (Å²) >= 11 is 0. The predicted molar refractivity (Wildman–Crippen MR) is 105 cm³/mol. The first-order valence-electron chi connectivity index (χ1n) is 8.45. The number of anilines is 1. The Morgan fingerprint density at radius 1 is 0.857 bits per heavy atom. The van der Waals surface area contributed by atoms with E-state index in [9.17, 15) is 9.59 Å². The average Bonchev–Trinajstić information content (AvgIpc) is 2.71. The summed E-state index contributed by atoms with van der Waals surface area (Å²) in [6.45, 7) is 1.48. The summed E-state index contributed by atoms with van der Waals surface area (Å²) in [7, 11) is 3.14. The Labute approximate surface area is 163 Å². The van der Waals surface area contributed by atoms with Crippen molar-refractivity contribution < 1.29 is 23.8 Å². The Morgan fingerprint density at radius 3 is 1.96 bits per heavy atom. The Kier molecular flexibility index (Phi) is 7.71. The predicted octanol–water partition coefficient (Wildman–Crippen LogP) is 2.25. The molecule has 0 radical (unpaired) electrons. The van der Waals surface area contributed by atoms with Crippen LogP contribution in [0, 0.1) is 0 Å². The molecule has 28 heavy (non-hydrogen) atoms. The molecule has 0 fully saturated rings. The molecule has 8 nitrogen and oxygen atoms in total. The third kappa shape index (κ3) is 6.91. The van der Waals surface area contributed by atoms with Crippen molar-refractivity contribution in [3.05, 3.63) is 60.3 Å². The third-order valence-corrected chi connectivity index (χ3v) is 3.53. The Hall–Kier alpha value is -3.68. The molecule has 0 bridgehead atoms. The minimum atomic E-state index is -0.390. The van der Waals surface area contributed by atoms with Gasteiger partial charge in [0.25, 0.3) is 5.91 Å². The number of benzene rings is 2. The van der Waals surface area contributed by atoms with Gasteiger partial charge in [-0.3, -0.25) is 15.0 Å². The van der Waals surface area contributed by atoms with Gasteiger partial charge in [-0.25, -0.2) is 0 Å². The molecule has 2 amide bonds. The van der Waals surface area contributed by atoms with Crippen LogP contribution in [-0.4, -0.2) is 32.6 Å². The molecule has 0 aliphatic rings. The summed E-state index contributed by atoms with van der Waals surface area (Å²) in [5, 5.41) is 2.71. The van der Waals surface area contributed by atoms with Crippen molar-refractivity contribution in [1.82, 2.24) is 10.9 Å². The van der Waals surface area contributed by atoms with Gasteiger partial charge in [0.1, 0.15) is 17.2 Å². The lowest BCUT2D eigenvalue weighted by Crippen LogP contribution is -2.39. The lowest BCUT2D eigenvalue weighted by molar-refractivity contribution is -0.124. The van der Waals surface area contributed by atoms with E-state index < -0.39 is 0 Å². The number of hydrazine groups is 1. The highest BCUT2D eigenvalue weighted by molar-refractivity contribution is 5.99. The zero-order valence-electron chi connectivity index (χ0n) is 15.9. The third-order valence-electron chi connectivity index (χ3n) is 3.53. The number of carbonyl (C=O) groups is 2. The molecule has 0 saturated carbocycles. The average molecular weight is 385 g/mol. The molecule has 8 heteroatoms. The van der Waals surface area contributed by atoms with E-state index in [0.717, 1.165) is 0 Å². The van der Waals surface area contributed by atoms with Crippen LogP contribution in [0.15, 0.2) is 60.3 Å². The quantitative estimate of drug-likeness (QED) is 0.452. The van der Waals surface area contributed by atoms with Crippen molar-refractivity contribution in [3.8, 4) is 17.2 Å².